The maximum absolute atomic E-state index is 12.2. The van der Waals surface area contributed by atoms with E-state index in [2.05, 4.69) is 31.8 Å². The van der Waals surface area contributed by atoms with Crippen molar-refractivity contribution in [1.29, 1.82) is 0 Å². The van der Waals surface area contributed by atoms with Gasteiger partial charge < -0.3 is 24.3 Å². The summed E-state index contributed by atoms with van der Waals surface area (Å²) in [6, 6.07) is 8.17. The Balaban J connectivity index is 1.92. The van der Waals surface area contributed by atoms with Crippen LogP contribution in [0.3, 0.4) is 0 Å². The van der Waals surface area contributed by atoms with E-state index in [0.717, 1.165) is 0 Å². The van der Waals surface area contributed by atoms with Crippen LogP contribution in [0.5, 0.6) is 23.0 Å². The number of hydrazone groups is 1. The normalized spacial score (nSPS) is 10.4. The molecule has 0 unspecified atom stereocenters. The molecule has 0 aliphatic carbocycles. The first kappa shape index (κ1) is 23.0. The number of rotatable bonds is 9. The van der Waals surface area contributed by atoms with E-state index in [1.807, 2.05) is 0 Å². The highest BCUT2D eigenvalue weighted by Crippen LogP contribution is 2.35. The summed E-state index contributed by atoms with van der Waals surface area (Å²) in [4.78, 5) is 24.2. The van der Waals surface area contributed by atoms with Crippen LogP contribution >= 0.6 is 15.9 Å². The predicted octanol–water partition coefficient (Wildman–Crippen LogP) is 2.36. The second-order valence-electron chi connectivity index (χ2n) is 5.78. The van der Waals surface area contributed by atoms with Crippen LogP contribution in [0, 0.1) is 0 Å². The van der Waals surface area contributed by atoms with E-state index < -0.39 is 11.8 Å². The Morgan fingerprint density at radius 3 is 2.30 bits per heavy atom. The minimum Gasteiger partial charge on any atom is -0.493 e. The van der Waals surface area contributed by atoms with Gasteiger partial charge in [-0.25, -0.2) is 5.43 Å². The van der Waals surface area contributed by atoms with E-state index in [9.17, 15) is 9.59 Å². The van der Waals surface area contributed by atoms with E-state index in [1.165, 1.54) is 40.7 Å². The average Bonchev–Trinajstić information content (AvgIpc) is 2.76. The molecule has 0 aromatic heterocycles. The topological polar surface area (TPSA) is 107 Å². The molecule has 0 aliphatic rings. The number of ether oxygens (including phenoxy) is 4. The maximum atomic E-state index is 12.2. The predicted molar refractivity (Wildman–Crippen MR) is 115 cm³/mol. The zero-order chi connectivity index (χ0) is 22.1. The lowest BCUT2D eigenvalue weighted by Gasteiger charge is -2.10. The monoisotopic (exact) mass is 479 g/mol. The van der Waals surface area contributed by atoms with Gasteiger partial charge in [0.15, 0.2) is 23.0 Å². The Labute approximate surface area is 182 Å². The fourth-order valence-electron chi connectivity index (χ4n) is 2.47. The van der Waals surface area contributed by atoms with Gasteiger partial charge in [-0.1, -0.05) is 0 Å². The van der Waals surface area contributed by atoms with Crippen LogP contribution in [0.25, 0.3) is 0 Å². The fourth-order valence-corrected chi connectivity index (χ4v) is 3.09. The van der Waals surface area contributed by atoms with Crippen LogP contribution in [-0.4, -0.2) is 53.0 Å². The molecule has 2 N–H and O–H groups in total. The number of benzene rings is 2. The zero-order valence-corrected chi connectivity index (χ0v) is 18.5. The van der Waals surface area contributed by atoms with Gasteiger partial charge in [-0.2, -0.15) is 5.10 Å². The molecule has 0 atom stereocenters. The van der Waals surface area contributed by atoms with Crippen molar-refractivity contribution in [1.82, 2.24) is 10.7 Å². The standard InChI is InChI=1S/C20H22BrN3O6/c1-27-15-6-5-13(9-16(15)28-2)20(26)22-11-18(25)24-23-10-12-7-14(21)19(30-4)17(8-12)29-3/h5-10H,11H2,1-4H3,(H,22,26)(H,24,25). The molecular weight excluding hydrogens is 458 g/mol. The highest BCUT2D eigenvalue weighted by atomic mass is 79.9. The van der Waals surface area contributed by atoms with Crippen molar-refractivity contribution >= 4 is 34.0 Å². The van der Waals surface area contributed by atoms with Crippen molar-refractivity contribution in [2.45, 2.75) is 0 Å². The van der Waals surface area contributed by atoms with Crippen molar-refractivity contribution in [2.75, 3.05) is 35.0 Å². The fraction of sp³-hybridized carbons (Fsp3) is 0.250. The van der Waals surface area contributed by atoms with Crippen LogP contribution in [0.1, 0.15) is 15.9 Å². The van der Waals surface area contributed by atoms with Gasteiger partial charge in [-0.3, -0.25) is 9.59 Å². The van der Waals surface area contributed by atoms with Crippen LogP contribution < -0.4 is 29.7 Å². The Kier molecular flexibility index (Phi) is 8.48. The molecule has 0 heterocycles. The van der Waals surface area contributed by atoms with E-state index >= 15 is 0 Å². The van der Waals surface area contributed by atoms with Gasteiger partial charge in [0, 0.05) is 5.56 Å². The smallest absolute Gasteiger partial charge is 0.259 e. The number of carbonyl (C=O) groups excluding carboxylic acids is 2. The quantitative estimate of drug-likeness (QED) is 0.422. The summed E-state index contributed by atoms with van der Waals surface area (Å²) in [6.07, 6.45) is 1.45. The molecule has 0 saturated carbocycles. The van der Waals surface area contributed by atoms with E-state index in [-0.39, 0.29) is 6.54 Å². The Hall–Kier alpha value is -3.27. The summed E-state index contributed by atoms with van der Waals surface area (Å²) >= 11 is 3.38. The van der Waals surface area contributed by atoms with Crippen molar-refractivity contribution in [2.24, 2.45) is 5.10 Å². The van der Waals surface area contributed by atoms with Gasteiger partial charge in [0.2, 0.25) is 0 Å². The molecule has 9 nitrogen and oxygen atoms in total. The minimum absolute atomic E-state index is 0.250. The van der Waals surface area contributed by atoms with Crippen LogP contribution in [0.2, 0.25) is 0 Å². The molecule has 2 amide bonds. The van der Waals surface area contributed by atoms with Gasteiger partial charge >= 0.3 is 0 Å². The van der Waals surface area contributed by atoms with Gasteiger partial charge in [0.25, 0.3) is 11.8 Å². The maximum Gasteiger partial charge on any atom is 0.259 e. The summed E-state index contributed by atoms with van der Waals surface area (Å²) in [5, 5.41) is 6.40. The molecule has 0 aliphatic heterocycles. The molecule has 0 saturated heterocycles. The van der Waals surface area contributed by atoms with Gasteiger partial charge in [0.1, 0.15) is 0 Å². The van der Waals surface area contributed by atoms with Crippen molar-refractivity contribution < 1.29 is 28.5 Å². The van der Waals surface area contributed by atoms with Crippen molar-refractivity contribution in [3.63, 3.8) is 0 Å². The first-order chi connectivity index (χ1) is 14.4. The number of nitrogens with one attached hydrogen (secondary N) is 2. The van der Waals surface area contributed by atoms with Gasteiger partial charge in [0.05, 0.1) is 45.7 Å². The summed E-state index contributed by atoms with van der Waals surface area (Å²) in [5.41, 5.74) is 3.36. The molecule has 0 spiro atoms. The largest absolute Gasteiger partial charge is 0.493 e. The number of amides is 2. The van der Waals surface area contributed by atoms with Crippen LogP contribution in [-0.2, 0) is 4.79 Å². The number of hydrogen-bond acceptors (Lipinski definition) is 7. The molecule has 2 aromatic rings. The third kappa shape index (κ3) is 5.86. The van der Waals surface area contributed by atoms with Gasteiger partial charge in [-0.05, 0) is 51.8 Å². The Morgan fingerprint density at radius 1 is 0.967 bits per heavy atom. The third-order valence-corrected chi connectivity index (χ3v) is 4.50. The summed E-state index contributed by atoms with van der Waals surface area (Å²) in [5.74, 6) is 1.07. The highest BCUT2D eigenvalue weighted by Gasteiger charge is 2.12. The van der Waals surface area contributed by atoms with Crippen LogP contribution in [0.4, 0.5) is 0 Å². The van der Waals surface area contributed by atoms with Crippen LogP contribution in [0.15, 0.2) is 39.9 Å². The number of hydrogen-bond donors (Lipinski definition) is 2. The lowest BCUT2D eigenvalue weighted by Crippen LogP contribution is -2.34. The molecular formula is C20H22BrN3O6. The second-order valence-corrected chi connectivity index (χ2v) is 6.64. The molecule has 30 heavy (non-hydrogen) atoms. The Morgan fingerprint density at radius 2 is 1.67 bits per heavy atom. The number of carbonyl (C=O) groups is 2. The average molecular weight is 480 g/mol. The van der Waals surface area contributed by atoms with Crippen molar-refractivity contribution in [3.05, 3.63) is 45.9 Å². The van der Waals surface area contributed by atoms with Crippen molar-refractivity contribution in [3.8, 4) is 23.0 Å². The number of halogens is 1. The zero-order valence-electron chi connectivity index (χ0n) is 16.9. The molecule has 2 aromatic carbocycles. The molecule has 160 valence electrons. The minimum atomic E-state index is -0.486. The highest BCUT2D eigenvalue weighted by molar-refractivity contribution is 9.10. The van der Waals surface area contributed by atoms with E-state index in [1.54, 1.807) is 24.3 Å². The number of methoxy groups -OCH3 is 4. The van der Waals surface area contributed by atoms with E-state index in [4.69, 9.17) is 18.9 Å². The lowest BCUT2D eigenvalue weighted by molar-refractivity contribution is -0.120. The molecule has 0 fully saturated rings. The Bertz CT molecular complexity index is 948. The molecule has 2 rings (SSSR count). The number of nitrogens with zero attached hydrogens (tertiary/aromatic N) is 1. The van der Waals surface area contributed by atoms with E-state index in [0.29, 0.717) is 38.6 Å². The van der Waals surface area contributed by atoms with Gasteiger partial charge in [-0.15, -0.1) is 0 Å². The summed E-state index contributed by atoms with van der Waals surface area (Å²) in [7, 11) is 6.03. The lowest BCUT2D eigenvalue weighted by atomic mass is 10.2. The first-order valence-electron chi connectivity index (χ1n) is 8.67. The summed E-state index contributed by atoms with van der Waals surface area (Å²) in [6.45, 7) is -0.250. The SMILES string of the molecule is COc1ccc(C(=O)NCC(=O)NN=Cc2cc(Br)c(OC)c(OC)c2)cc1OC. The first-order valence-corrected chi connectivity index (χ1v) is 9.46. The molecule has 0 bridgehead atoms. The third-order valence-electron chi connectivity index (χ3n) is 3.91. The summed E-state index contributed by atoms with van der Waals surface area (Å²) < 4.78 is 21.5. The molecule has 0 radical (unpaired) electrons. The molecule has 10 heteroatoms. The second kappa shape index (κ2) is 11.1.